The quantitative estimate of drug-likeness (QED) is 0.719. The summed E-state index contributed by atoms with van der Waals surface area (Å²) >= 11 is 0. The predicted molar refractivity (Wildman–Crippen MR) is 79.4 cm³/mol. The molecule has 0 spiro atoms. The highest BCUT2D eigenvalue weighted by Gasteiger charge is 2.09. The van der Waals surface area contributed by atoms with Gasteiger partial charge in [-0.1, -0.05) is 24.3 Å². The summed E-state index contributed by atoms with van der Waals surface area (Å²) in [6, 6.07) is 12.7. The molecule has 0 aliphatic carbocycles. The fraction of sp³-hybridized carbons (Fsp3) is 0.133. The molecule has 4 nitrogen and oxygen atoms in total. The molecule has 0 heterocycles. The van der Waals surface area contributed by atoms with Gasteiger partial charge in [0.15, 0.2) is 0 Å². The Labute approximate surface area is 112 Å². The molecule has 2 aromatic rings. The Bertz CT molecular complexity index is 594. The largest absolute Gasteiger partial charge is 0.397 e. The molecule has 0 aromatic heterocycles. The number of hydrogen-bond acceptors (Lipinski definition) is 2. The predicted octanol–water partition coefficient (Wildman–Crippen LogP) is 3.53. The van der Waals surface area contributed by atoms with Crippen molar-refractivity contribution in [2.45, 2.75) is 13.8 Å². The number of rotatable bonds is 2. The summed E-state index contributed by atoms with van der Waals surface area (Å²) < 4.78 is 0. The minimum Gasteiger partial charge on any atom is -0.397 e. The smallest absolute Gasteiger partial charge is 0.323 e. The van der Waals surface area contributed by atoms with E-state index in [4.69, 9.17) is 5.73 Å². The molecule has 2 amide bonds. The Hall–Kier alpha value is -2.49. The van der Waals surface area contributed by atoms with E-state index in [-0.39, 0.29) is 6.03 Å². The van der Waals surface area contributed by atoms with Crippen molar-refractivity contribution in [3.8, 4) is 0 Å². The molecule has 0 saturated heterocycles. The van der Waals surface area contributed by atoms with Crippen LogP contribution in [0.5, 0.6) is 0 Å². The first-order valence-corrected chi connectivity index (χ1v) is 6.06. The van der Waals surface area contributed by atoms with Crippen LogP contribution in [0.2, 0.25) is 0 Å². The van der Waals surface area contributed by atoms with Crippen LogP contribution in [0.4, 0.5) is 21.9 Å². The third-order valence-corrected chi connectivity index (χ3v) is 3.04. The van der Waals surface area contributed by atoms with Crippen molar-refractivity contribution in [3.63, 3.8) is 0 Å². The SMILES string of the molecule is Cc1ccc(N)c(NC(=O)Nc2ccccc2)c1C. The third kappa shape index (κ3) is 3.04. The second-order valence-corrected chi connectivity index (χ2v) is 4.42. The molecule has 2 rings (SSSR count). The number of urea groups is 1. The first kappa shape index (κ1) is 13.0. The monoisotopic (exact) mass is 255 g/mol. The molecule has 0 atom stereocenters. The molecule has 2 aromatic carbocycles. The maximum Gasteiger partial charge on any atom is 0.323 e. The van der Waals surface area contributed by atoms with Gasteiger partial charge in [-0.3, -0.25) is 0 Å². The molecule has 98 valence electrons. The van der Waals surface area contributed by atoms with E-state index in [1.54, 1.807) is 6.07 Å². The summed E-state index contributed by atoms with van der Waals surface area (Å²) in [6.07, 6.45) is 0. The van der Waals surface area contributed by atoms with Crippen LogP contribution in [0.25, 0.3) is 0 Å². The Morgan fingerprint density at radius 1 is 1.00 bits per heavy atom. The van der Waals surface area contributed by atoms with E-state index in [1.165, 1.54) is 0 Å². The lowest BCUT2D eigenvalue weighted by Crippen LogP contribution is -2.21. The van der Waals surface area contributed by atoms with Crippen molar-refractivity contribution >= 4 is 23.1 Å². The van der Waals surface area contributed by atoms with E-state index >= 15 is 0 Å². The topological polar surface area (TPSA) is 67.1 Å². The summed E-state index contributed by atoms with van der Waals surface area (Å²) in [7, 11) is 0. The van der Waals surface area contributed by atoms with Crippen LogP contribution >= 0.6 is 0 Å². The summed E-state index contributed by atoms with van der Waals surface area (Å²) in [6.45, 7) is 3.92. The van der Waals surface area contributed by atoms with E-state index in [0.717, 1.165) is 16.8 Å². The molecule has 4 N–H and O–H groups in total. The van der Waals surface area contributed by atoms with Crippen molar-refractivity contribution in [1.82, 2.24) is 0 Å². The maximum absolute atomic E-state index is 11.9. The lowest BCUT2D eigenvalue weighted by atomic mass is 10.1. The number of anilines is 3. The number of aryl methyl sites for hydroxylation is 1. The molecule has 0 unspecified atom stereocenters. The number of benzene rings is 2. The zero-order chi connectivity index (χ0) is 13.8. The van der Waals surface area contributed by atoms with Crippen molar-refractivity contribution in [1.29, 1.82) is 0 Å². The van der Waals surface area contributed by atoms with Gasteiger partial charge in [0.1, 0.15) is 0 Å². The van der Waals surface area contributed by atoms with Gasteiger partial charge in [0.2, 0.25) is 0 Å². The number of hydrogen-bond donors (Lipinski definition) is 3. The summed E-state index contributed by atoms with van der Waals surface area (Å²) in [5.41, 5.74) is 9.91. The summed E-state index contributed by atoms with van der Waals surface area (Å²) in [4.78, 5) is 11.9. The molecular formula is C15H17N3O. The van der Waals surface area contributed by atoms with E-state index in [2.05, 4.69) is 10.6 Å². The van der Waals surface area contributed by atoms with Gasteiger partial charge in [0.25, 0.3) is 0 Å². The first-order chi connectivity index (χ1) is 9.08. The van der Waals surface area contributed by atoms with E-state index in [0.29, 0.717) is 11.4 Å². The van der Waals surface area contributed by atoms with Crippen LogP contribution in [0.1, 0.15) is 11.1 Å². The van der Waals surface area contributed by atoms with Gasteiger partial charge in [-0.15, -0.1) is 0 Å². The van der Waals surface area contributed by atoms with Gasteiger partial charge in [-0.25, -0.2) is 4.79 Å². The Morgan fingerprint density at radius 3 is 2.37 bits per heavy atom. The molecule has 0 aliphatic heterocycles. The highest BCUT2D eigenvalue weighted by atomic mass is 16.2. The highest BCUT2D eigenvalue weighted by molar-refractivity contribution is 6.02. The van der Waals surface area contributed by atoms with Gasteiger partial charge in [-0.2, -0.15) is 0 Å². The number of nitrogen functional groups attached to an aromatic ring is 1. The van der Waals surface area contributed by atoms with E-state index in [9.17, 15) is 4.79 Å². The van der Waals surface area contributed by atoms with E-state index in [1.807, 2.05) is 50.2 Å². The number of amides is 2. The zero-order valence-corrected chi connectivity index (χ0v) is 11.0. The number of nitrogens with one attached hydrogen (secondary N) is 2. The van der Waals surface area contributed by atoms with Crippen LogP contribution in [0.3, 0.4) is 0 Å². The second kappa shape index (κ2) is 5.44. The summed E-state index contributed by atoms with van der Waals surface area (Å²) in [5.74, 6) is 0. The van der Waals surface area contributed by atoms with Crippen LogP contribution < -0.4 is 16.4 Å². The molecule has 0 aliphatic rings. The summed E-state index contributed by atoms with van der Waals surface area (Å²) in [5, 5.41) is 5.55. The number of para-hydroxylation sites is 1. The van der Waals surface area contributed by atoms with Crippen molar-refractivity contribution in [2.24, 2.45) is 0 Å². The Kier molecular flexibility index (Phi) is 3.71. The second-order valence-electron chi connectivity index (χ2n) is 4.42. The minimum absolute atomic E-state index is 0.299. The molecule has 0 saturated carbocycles. The molecular weight excluding hydrogens is 238 g/mol. The highest BCUT2D eigenvalue weighted by Crippen LogP contribution is 2.25. The van der Waals surface area contributed by atoms with Gasteiger partial charge in [-0.05, 0) is 43.2 Å². The lowest BCUT2D eigenvalue weighted by molar-refractivity contribution is 0.262. The fourth-order valence-electron chi connectivity index (χ4n) is 1.80. The maximum atomic E-state index is 11.9. The molecule has 0 fully saturated rings. The molecule has 0 bridgehead atoms. The van der Waals surface area contributed by atoms with Crippen LogP contribution in [-0.4, -0.2) is 6.03 Å². The van der Waals surface area contributed by atoms with Crippen molar-refractivity contribution in [3.05, 3.63) is 53.6 Å². The Morgan fingerprint density at radius 2 is 1.68 bits per heavy atom. The fourth-order valence-corrected chi connectivity index (χ4v) is 1.80. The number of nitrogens with two attached hydrogens (primary N) is 1. The lowest BCUT2D eigenvalue weighted by Gasteiger charge is -2.14. The van der Waals surface area contributed by atoms with Crippen molar-refractivity contribution < 1.29 is 4.79 Å². The molecule has 19 heavy (non-hydrogen) atoms. The molecule has 4 heteroatoms. The van der Waals surface area contributed by atoms with Crippen LogP contribution in [-0.2, 0) is 0 Å². The average Bonchev–Trinajstić information content (AvgIpc) is 2.40. The number of carbonyl (C=O) groups excluding carboxylic acids is 1. The normalized spacial score (nSPS) is 10.0. The van der Waals surface area contributed by atoms with E-state index < -0.39 is 0 Å². The standard InChI is InChI=1S/C15H17N3O/c1-10-8-9-13(16)14(11(10)2)18-15(19)17-12-6-4-3-5-7-12/h3-9H,16H2,1-2H3,(H2,17,18,19). The van der Waals surface area contributed by atoms with Gasteiger partial charge in [0, 0.05) is 5.69 Å². The third-order valence-electron chi connectivity index (χ3n) is 3.04. The van der Waals surface area contributed by atoms with Crippen LogP contribution in [0.15, 0.2) is 42.5 Å². The molecule has 0 radical (unpaired) electrons. The van der Waals surface area contributed by atoms with Crippen LogP contribution in [0, 0.1) is 13.8 Å². The minimum atomic E-state index is -0.299. The van der Waals surface area contributed by atoms with Gasteiger partial charge in [0.05, 0.1) is 11.4 Å². The van der Waals surface area contributed by atoms with Crippen molar-refractivity contribution in [2.75, 3.05) is 16.4 Å². The average molecular weight is 255 g/mol. The Balaban J connectivity index is 2.14. The van der Waals surface area contributed by atoms with Gasteiger partial charge < -0.3 is 16.4 Å². The van der Waals surface area contributed by atoms with Gasteiger partial charge >= 0.3 is 6.03 Å². The number of carbonyl (C=O) groups is 1. The first-order valence-electron chi connectivity index (χ1n) is 6.06. The zero-order valence-electron chi connectivity index (χ0n) is 11.0.